The van der Waals surface area contributed by atoms with Gasteiger partial charge >= 0.3 is 0 Å². The third-order valence-electron chi connectivity index (χ3n) is 1.82. The lowest BCUT2D eigenvalue weighted by Crippen LogP contribution is -1.91. The summed E-state index contributed by atoms with van der Waals surface area (Å²) < 4.78 is 0. The molecule has 0 heterocycles. The maximum absolute atomic E-state index is 2.35. The predicted octanol–water partition coefficient (Wildman–Crippen LogP) is 3.12. The topological polar surface area (TPSA) is 0 Å². The van der Waals surface area contributed by atoms with Crippen LogP contribution in [0.1, 0.15) is 33.1 Å². The molecule has 0 rings (SSSR count). The van der Waals surface area contributed by atoms with Crippen LogP contribution in [-0.2, 0) is 0 Å². The monoisotopic (exact) mass is 146 g/mol. The van der Waals surface area contributed by atoms with Gasteiger partial charge in [0.25, 0.3) is 0 Å². The van der Waals surface area contributed by atoms with Crippen LogP contribution in [0.5, 0.6) is 0 Å². The van der Waals surface area contributed by atoms with E-state index < -0.39 is 0 Å². The van der Waals surface area contributed by atoms with E-state index in [9.17, 15) is 0 Å². The lowest BCUT2D eigenvalue weighted by molar-refractivity contribution is 0.511. The van der Waals surface area contributed by atoms with Gasteiger partial charge in [-0.1, -0.05) is 26.7 Å². The molecule has 0 aromatic heterocycles. The molecule has 0 aliphatic carbocycles. The van der Waals surface area contributed by atoms with Crippen molar-refractivity contribution in [2.75, 3.05) is 12.8 Å². The summed E-state index contributed by atoms with van der Waals surface area (Å²) >= 11 is 0. The highest BCUT2D eigenvalue weighted by Gasteiger charge is 1.95. The zero-order valence-corrected chi connectivity index (χ0v) is 7.91. The molecule has 0 N–H and O–H groups in total. The molecule has 0 saturated heterocycles. The fraction of sp³-hybridized carbons (Fsp3) is 1.00. The first-order chi connectivity index (χ1) is 4.31. The van der Waals surface area contributed by atoms with Gasteiger partial charge in [-0.15, -0.1) is 8.58 Å². The van der Waals surface area contributed by atoms with E-state index in [0.29, 0.717) is 0 Å². The second-order valence-corrected chi connectivity index (χ2v) is 3.97. The molecule has 2 unspecified atom stereocenters. The van der Waals surface area contributed by atoms with Crippen LogP contribution < -0.4 is 0 Å². The van der Waals surface area contributed by atoms with Crippen molar-refractivity contribution in [3.8, 4) is 0 Å². The first kappa shape index (κ1) is 9.43. The van der Waals surface area contributed by atoms with Crippen molar-refractivity contribution in [2.45, 2.75) is 33.1 Å². The van der Waals surface area contributed by atoms with Gasteiger partial charge < -0.3 is 0 Å². The van der Waals surface area contributed by atoms with E-state index in [1.54, 1.807) is 0 Å². The smallest absolute Gasteiger partial charge is 0.0356 e. The minimum absolute atomic E-state index is 0.960. The molecule has 0 aromatic rings. The Labute approximate surface area is 61.2 Å². The Balaban J connectivity index is 2.88. The molecule has 9 heavy (non-hydrogen) atoms. The number of rotatable bonds is 5. The summed E-state index contributed by atoms with van der Waals surface area (Å²) in [5.41, 5.74) is 0. The fourth-order valence-corrected chi connectivity index (χ4v) is 1.39. The van der Waals surface area contributed by atoms with Gasteiger partial charge in [-0.2, -0.15) is 0 Å². The maximum Gasteiger partial charge on any atom is -0.0356 e. The summed E-state index contributed by atoms with van der Waals surface area (Å²) in [7, 11) is 1.16. The predicted molar refractivity (Wildman–Crippen MR) is 47.8 cm³/mol. The van der Waals surface area contributed by atoms with Crippen LogP contribution in [0.2, 0.25) is 0 Å². The van der Waals surface area contributed by atoms with Crippen LogP contribution in [-0.4, -0.2) is 12.8 Å². The molecule has 0 spiro atoms. The van der Waals surface area contributed by atoms with Crippen molar-refractivity contribution < 1.29 is 0 Å². The van der Waals surface area contributed by atoms with Crippen LogP contribution in [0.3, 0.4) is 0 Å². The molecule has 0 bridgehead atoms. The van der Waals surface area contributed by atoms with Gasteiger partial charge in [-0.05, 0) is 25.2 Å². The Bertz CT molecular complexity index is 52.5. The zero-order valence-electron chi connectivity index (χ0n) is 6.91. The van der Waals surface area contributed by atoms with Crippen molar-refractivity contribution in [2.24, 2.45) is 5.92 Å². The summed E-state index contributed by atoms with van der Waals surface area (Å²) in [6, 6.07) is 0. The molecule has 56 valence electrons. The average Bonchev–Trinajstić information content (AvgIpc) is 1.89. The quantitative estimate of drug-likeness (QED) is 0.413. The van der Waals surface area contributed by atoms with E-state index in [-0.39, 0.29) is 0 Å². The number of hydrogen-bond acceptors (Lipinski definition) is 0. The van der Waals surface area contributed by atoms with Crippen LogP contribution in [0.15, 0.2) is 0 Å². The number of hydrogen-bond donors (Lipinski definition) is 0. The standard InChI is InChI=1S/C8H19P/c1-4-8(2)6-5-7-9-3/h8-9H,4-7H2,1-3H3. The van der Waals surface area contributed by atoms with E-state index >= 15 is 0 Å². The summed E-state index contributed by atoms with van der Waals surface area (Å²) in [6.45, 7) is 6.91. The van der Waals surface area contributed by atoms with Gasteiger partial charge in [0.15, 0.2) is 0 Å². The van der Waals surface area contributed by atoms with E-state index in [0.717, 1.165) is 14.5 Å². The molecule has 2 atom stereocenters. The third kappa shape index (κ3) is 6.31. The van der Waals surface area contributed by atoms with E-state index in [1.165, 1.54) is 25.4 Å². The van der Waals surface area contributed by atoms with Gasteiger partial charge in [0.1, 0.15) is 0 Å². The van der Waals surface area contributed by atoms with E-state index in [4.69, 9.17) is 0 Å². The van der Waals surface area contributed by atoms with Crippen LogP contribution in [0, 0.1) is 5.92 Å². The summed E-state index contributed by atoms with van der Waals surface area (Å²) in [6.07, 6.45) is 5.69. The Kier molecular flexibility index (Phi) is 6.86. The molecule has 0 aliphatic heterocycles. The Morgan fingerprint density at radius 3 is 2.56 bits per heavy atom. The van der Waals surface area contributed by atoms with Crippen LogP contribution in [0.4, 0.5) is 0 Å². The molecule has 0 amide bonds. The summed E-state index contributed by atoms with van der Waals surface area (Å²) in [5, 5.41) is 0. The second-order valence-electron chi connectivity index (χ2n) is 2.76. The lowest BCUT2D eigenvalue weighted by Gasteiger charge is -2.05. The minimum atomic E-state index is 0.960. The maximum atomic E-state index is 2.35. The van der Waals surface area contributed by atoms with Gasteiger partial charge in [0.05, 0.1) is 0 Å². The molecular formula is C8H19P. The first-order valence-electron chi connectivity index (χ1n) is 3.95. The van der Waals surface area contributed by atoms with Gasteiger partial charge in [-0.3, -0.25) is 0 Å². The van der Waals surface area contributed by atoms with Crippen molar-refractivity contribution in [3.63, 3.8) is 0 Å². The van der Waals surface area contributed by atoms with Gasteiger partial charge in [-0.25, -0.2) is 0 Å². The van der Waals surface area contributed by atoms with Gasteiger partial charge in [0, 0.05) is 0 Å². The van der Waals surface area contributed by atoms with E-state index in [1.807, 2.05) is 0 Å². The average molecular weight is 146 g/mol. The largest absolute Gasteiger partial charge is 0.125 e. The molecule has 0 aliphatic rings. The summed E-state index contributed by atoms with van der Waals surface area (Å²) in [5.74, 6) is 0.960. The molecule has 0 fully saturated rings. The molecular weight excluding hydrogens is 127 g/mol. The zero-order chi connectivity index (χ0) is 7.11. The van der Waals surface area contributed by atoms with E-state index in [2.05, 4.69) is 20.5 Å². The second kappa shape index (κ2) is 6.55. The molecule has 0 radical (unpaired) electrons. The van der Waals surface area contributed by atoms with Crippen molar-refractivity contribution in [3.05, 3.63) is 0 Å². The molecule has 0 nitrogen and oxygen atoms in total. The SMILES string of the molecule is CCC(C)CCCPC. The molecule has 0 saturated carbocycles. The summed E-state index contributed by atoms with van der Waals surface area (Å²) in [4.78, 5) is 0. The third-order valence-corrected chi connectivity index (χ3v) is 2.67. The van der Waals surface area contributed by atoms with Crippen molar-refractivity contribution in [1.29, 1.82) is 0 Å². The van der Waals surface area contributed by atoms with Crippen molar-refractivity contribution in [1.82, 2.24) is 0 Å². The molecule has 0 aromatic carbocycles. The normalized spacial score (nSPS) is 15.0. The minimum Gasteiger partial charge on any atom is -0.125 e. The van der Waals surface area contributed by atoms with Crippen LogP contribution >= 0.6 is 8.58 Å². The lowest BCUT2D eigenvalue weighted by atomic mass is 10.0. The highest BCUT2D eigenvalue weighted by atomic mass is 31.1. The fourth-order valence-electron chi connectivity index (χ4n) is 0.831. The Hall–Kier alpha value is 0.430. The van der Waals surface area contributed by atoms with Crippen LogP contribution in [0.25, 0.3) is 0 Å². The van der Waals surface area contributed by atoms with Crippen molar-refractivity contribution >= 4 is 8.58 Å². The first-order valence-corrected chi connectivity index (χ1v) is 5.66. The van der Waals surface area contributed by atoms with Gasteiger partial charge in [0.2, 0.25) is 0 Å². The Morgan fingerprint density at radius 1 is 1.44 bits per heavy atom. The highest BCUT2D eigenvalue weighted by molar-refractivity contribution is 7.36. The Morgan fingerprint density at radius 2 is 2.11 bits per heavy atom. The highest BCUT2D eigenvalue weighted by Crippen LogP contribution is 2.13. The molecule has 1 heteroatoms.